The first-order valence-electron chi connectivity index (χ1n) is 8.30. The first-order chi connectivity index (χ1) is 9.55. The maximum Gasteiger partial charge on any atom is 0.0521 e. The molecule has 0 aliphatic carbocycles. The van der Waals surface area contributed by atoms with Crippen LogP contribution in [0.15, 0.2) is 12.4 Å². The lowest BCUT2D eigenvalue weighted by Crippen LogP contribution is -2.38. The summed E-state index contributed by atoms with van der Waals surface area (Å²) in [5.74, 6) is 0. The van der Waals surface area contributed by atoms with E-state index in [1.165, 1.54) is 31.2 Å². The first-order valence-corrected chi connectivity index (χ1v) is 8.30. The van der Waals surface area contributed by atoms with Gasteiger partial charge in [-0.3, -0.25) is 4.68 Å². The second kappa shape index (κ2) is 8.46. The van der Waals surface area contributed by atoms with Crippen molar-refractivity contribution in [3.8, 4) is 0 Å². The van der Waals surface area contributed by atoms with Gasteiger partial charge in [-0.05, 0) is 37.2 Å². The summed E-state index contributed by atoms with van der Waals surface area (Å²) in [6.07, 6.45) is 10.5. The van der Waals surface area contributed by atoms with E-state index in [-0.39, 0.29) is 0 Å². The molecule has 0 fully saturated rings. The van der Waals surface area contributed by atoms with Gasteiger partial charge in [-0.1, -0.05) is 40.5 Å². The van der Waals surface area contributed by atoms with Crippen LogP contribution in [0.3, 0.4) is 0 Å². The van der Waals surface area contributed by atoms with Crippen LogP contribution in [0.1, 0.15) is 65.9 Å². The molecule has 0 aliphatic heterocycles. The van der Waals surface area contributed by atoms with Crippen LogP contribution in [0, 0.1) is 5.41 Å². The first kappa shape index (κ1) is 17.2. The topological polar surface area (TPSA) is 29.9 Å². The Labute approximate surface area is 125 Å². The maximum absolute atomic E-state index is 4.42. The Morgan fingerprint density at radius 2 is 2.05 bits per heavy atom. The number of hydrogen-bond acceptors (Lipinski definition) is 2. The van der Waals surface area contributed by atoms with Crippen molar-refractivity contribution in [2.45, 2.75) is 79.3 Å². The van der Waals surface area contributed by atoms with Crippen LogP contribution in [0.2, 0.25) is 0 Å². The zero-order valence-corrected chi connectivity index (χ0v) is 14.1. The smallest absolute Gasteiger partial charge is 0.0521 e. The lowest BCUT2D eigenvalue weighted by atomic mass is 9.75. The van der Waals surface area contributed by atoms with Crippen molar-refractivity contribution >= 4 is 0 Å². The fraction of sp³-hybridized carbons (Fsp3) is 0.824. The van der Waals surface area contributed by atoms with Crippen molar-refractivity contribution in [1.82, 2.24) is 15.1 Å². The molecule has 20 heavy (non-hydrogen) atoms. The van der Waals surface area contributed by atoms with Crippen LogP contribution in [0.25, 0.3) is 0 Å². The molecule has 0 radical (unpaired) electrons. The SMILES string of the molecule is CCCCC(CC)(CNC(C)C)Cc1cnn(CC)c1. The molecule has 0 saturated carbocycles. The van der Waals surface area contributed by atoms with Gasteiger partial charge < -0.3 is 5.32 Å². The van der Waals surface area contributed by atoms with Crippen LogP contribution < -0.4 is 5.32 Å². The molecule has 116 valence electrons. The van der Waals surface area contributed by atoms with E-state index in [0.29, 0.717) is 11.5 Å². The molecule has 1 N–H and O–H groups in total. The highest BCUT2D eigenvalue weighted by molar-refractivity contribution is 5.08. The molecular formula is C17H33N3. The Hall–Kier alpha value is -0.830. The highest BCUT2D eigenvalue weighted by Gasteiger charge is 2.28. The predicted molar refractivity (Wildman–Crippen MR) is 87.0 cm³/mol. The molecule has 0 bridgehead atoms. The van der Waals surface area contributed by atoms with Crippen LogP contribution in [-0.2, 0) is 13.0 Å². The molecular weight excluding hydrogens is 246 g/mol. The molecule has 1 atom stereocenters. The number of hydrogen-bond donors (Lipinski definition) is 1. The molecule has 0 spiro atoms. The summed E-state index contributed by atoms with van der Waals surface area (Å²) in [5, 5.41) is 8.08. The number of aryl methyl sites for hydroxylation is 1. The highest BCUT2D eigenvalue weighted by atomic mass is 15.3. The Bertz CT molecular complexity index is 370. The molecule has 0 amide bonds. The quantitative estimate of drug-likeness (QED) is 0.701. The van der Waals surface area contributed by atoms with Gasteiger partial charge in [0.25, 0.3) is 0 Å². The maximum atomic E-state index is 4.42. The molecule has 3 heteroatoms. The Kier molecular flexibility index (Phi) is 7.28. The van der Waals surface area contributed by atoms with Crippen molar-refractivity contribution in [3.05, 3.63) is 18.0 Å². The van der Waals surface area contributed by atoms with E-state index in [0.717, 1.165) is 19.5 Å². The van der Waals surface area contributed by atoms with Gasteiger partial charge >= 0.3 is 0 Å². The second-order valence-corrected chi connectivity index (χ2v) is 6.37. The van der Waals surface area contributed by atoms with E-state index in [2.05, 4.69) is 57.4 Å². The van der Waals surface area contributed by atoms with E-state index in [4.69, 9.17) is 0 Å². The van der Waals surface area contributed by atoms with Gasteiger partial charge in [-0.15, -0.1) is 0 Å². The number of unbranched alkanes of at least 4 members (excludes halogenated alkanes) is 1. The molecule has 1 rings (SSSR count). The van der Waals surface area contributed by atoms with E-state index in [1.807, 2.05) is 4.68 Å². The third-order valence-corrected chi connectivity index (χ3v) is 4.29. The van der Waals surface area contributed by atoms with Crippen molar-refractivity contribution < 1.29 is 0 Å². The molecule has 1 unspecified atom stereocenters. The minimum Gasteiger partial charge on any atom is -0.314 e. The minimum absolute atomic E-state index is 0.377. The largest absolute Gasteiger partial charge is 0.314 e. The van der Waals surface area contributed by atoms with Crippen molar-refractivity contribution in [2.24, 2.45) is 5.41 Å². The summed E-state index contributed by atoms with van der Waals surface area (Å²) in [6, 6.07) is 0.556. The second-order valence-electron chi connectivity index (χ2n) is 6.37. The predicted octanol–water partition coefficient (Wildman–Crippen LogP) is 4.03. The van der Waals surface area contributed by atoms with Crippen molar-refractivity contribution in [2.75, 3.05) is 6.54 Å². The molecule has 1 aromatic heterocycles. The van der Waals surface area contributed by atoms with Crippen molar-refractivity contribution in [3.63, 3.8) is 0 Å². The summed E-state index contributed by atoms with van der Waals surface area (Å²) in [6.45, 7) is 13.3. The lowest BCUT2D eigenvalue weighted by Gasteiger charge is -2.34. The fourth-order valence-electron chi connectivity index (χ4n) is 2.74. The van der Waals surface area contributed by atoms with Crippen LogP contribution in [0.4, 0.5) is 0 Å². The van der Waals surface area contributed by atoms with E-state index in [9.17, 15) is 0 Å². The van der Waals surface area contributed by atoms with E-state index >= 15 is 0 Å². The van der Waals surface area contributed by atoms with Crippen LogP contribution >= 0.6 is 0 Å². The van der Waals surface area contributed by atoms with Gasteiger partial charge in [-0.2, -0.15) is 5.10 Å². The Balaban J connectivity index is 2.77. The molecule has 0 saturated heterocycles. The van der Waals surface area contributed by atoms with Crippen LogP contribution in [-0.4, -0.2) is 22.4 Å². The summed E-state index contributed by atoms with van der Waals surface area (Å²) in [5.41, 5.74) is 1.76. The van der Waals surface area contributed by atoms with Gasteiger partial charge in [0, 0.05) is 25.3 Å². The number of nitrogens with zero attached hydrogens (tertiary/aromatic N) is 2. The highest BCUT2D eigenvalue weighted by Crippen LogP contribution is 2.32. The fourth-order valence-corrected chi connectivity index (χ4v) is 2.74. The van der Waals surface area contributed by atoms with Gasteiger partial charge in [0.2, 0.25) is 0 Å². The average Bonchev–Trinajstić information content (AvgIpc) is 2.89. The van der Waals surface area contributed by atoms with Crippen molar-refractivity contribution in [1.29, 1.82) is 0 Å². The normalized spacial score (nSPS) is 14.7. The molecule has 3 nitrogen and oxygen atoms in total. The van der Waals surface area contributed by atoms with Gasteiger partial charge in [0.1, 0.15) is 0 Å². The zero-order chi connectivity index (χ0) is 15.0. The third kappa shape index (κ3) is 5.28. The number of nitrogens with one attached hydrogen (secondary N) is 1. The third-order valence-electron chi connectivity index (χ3n) is 4.29. The lowest BCUT2D eigenvalue weighted by molar-refractivity contribution is 0.223. The standard InChI is InChI=1S/C17H33N3/c1-6-9-10-17(7-2,14-18-15(4)5)11-16-12-19-20(8-3)13-16/h12-13,15,18H,6-11,14H2,1-5H3. The Morgan fingerprint density at radius 3 is 2.55 bits per heavy atom. The molecule has 1 heterocycles. The van der Waals surface area contributed by atoms with Gasteiger partial charge in [-0.25, -0.2) is 0 Å². The zero-order valence-electron chi connectivity index (χ0n) is 14.1. The minimum atomic E-state index is 0.377. The molecule has 0 aliphatic rings. The molecule has 0 aromatic carbocycles. The monoisotopic (exact) mass is 279 g/mol. The van der Waals surface area contributed by atoms with Gasteiger partial charge in [0.15, 0.2) is 0 Å². The molecule has 1 aromatic rings. The summed E-state index contributed by atoms with van der Waals surface area (Å²) in [7, 11) is 0. The summed E-state index contributed by atoms with van der Waals surface area (Å²) >= 11 is 0. The van der Waals surface area contributed by atoms with Gasteiger partial charge in [0.05, 0.1) is 6.20 Å². The average molecular weight is 279 g/mol. The van der Waals surface area contributed by atoms with Crippen LogP contribution in [0.5, 0.6) is 0 Å². The van der Waals surface area contributed by atoms with E-state index in [1.54, 1.807) is 0 Å². The number of aromatic nitrogens is 2. The summed E-state index contributed by atoms with van der Waals surface area (Å²) in [4.78, 5) is 0. The van der Waals surface area contributed by atoms with E-state index < -0.39 is 0 Å². The Morgan fingerprint density at radius 1 is 1.30 bits per heavy atom. The summed E-state index contributed by atoms with van der Waals surface area (Å²) < 4.78 is 2.03. The number of rotatable bonds is 10.